The zero-order valence-electron chi connectivity index (χ0n) is 18.8. The number of esters is 1. The van der Waals surface area contributed by atoms with Crippen molar-refractivity contribution in [1.29, 1.82) is 0 Å². The predicted octanol–water partition coefficient (Wildman–Crippen LogP) is 4.57. The lowest BCUT2D eigenvalue weighted by Crippen LogP contribution is -2.39. The number of amides is 1. The van der Waals surface area contributed by atoms with Gasteiger partial charge in [-0.2, -0.15) is 0 Å². The van der Waals surface area contributed by atoms with E-state index < -0.39 is 0 Å². The van der Waals surface area contributed by atoms with Gasteiger partial charge in [0.25, 0.3) is 0 Å². The maximum Gasteiger partial charge on any atom is 0.308 e. The molecule has 0 spiro atoms. The van der Waals surface area contributed by atoms with Gasteiger partial charge in [-0.1, -0.05) is 0 Å². The molecular weight excluding hydrogens is 382 g/mol. The number of aryl methyl sites for hydroxylation is 3. The molecule has 0 aliphatic carbocycles. The lowest BCUT2D eigenvalue weighted by Gasteiger charge is -2.30. The summed E-state index contributed by atoms with van der Waals surface area (Å²) in [7, 11) is 1.41. The number of piperidine rings is 1. The number of allylic oxidation sites excluding steroid dienone is 1. The molecule has 3 rings (SSSR count). The standard InChI is InChI=1S/C24H31NO5/c1-7-29-22-16(4)23-20(15(3)17(5)30-23)13-19(22)14(2)12-21(26)25-10-8-18(9-11-25)24(27)28-6/h12-13,18H,7-11H2,1-6H3/b14-12+. The fourth-order valence-electron chi connectivity index (χ4n) is 4.09. The van der Waals surface area contributed by atoms with Gasteiger partial charge in [-0.15, -0.1) is 0 Å². The average Bonchev–Trinajstić information content (AvgIpc) is 3.03. The Hall–Kier alpha value is -2.76. The van der Waals surface area contributed by atoms with Crippen LogP contribution in [0.15, 0.2) is 16.6 Å². The zero-order valence-corrected chi connectivity index (χ0v) is 18.8. The van der Waals surface area contributed by atoms with Crippen LogP contribution in [-0.4, -0.2) is 43.6 Å². The highest BCUT2D eigenvalue weighted by Gasteiger charge is 2.27. The first-order chi connectivity index (χ1) is 14.3. The number of likely N-dealkylation sites (tertiary alicyclic amines) is 1. The van der Waals surface area contributed by atoms with Gasteiger partial charge in [0.1, 0.15) is 17.1 Å². The molecule has 1 saturated heterocycles. The summed E-state index contributed by atoms with van der Waals surface area (Å²) in [6, 6.07) is 2.06. The topological polar surface area (TPSA) is 69.0 Å². The molecule has 0 N–H and O–H groups in total. The first kappa shape index (κ1) is 21.9. The molecule has 162 valence electrons. The lowest BCUT2D eigenvalue weighted by atomic mass is 9.96. The number of hydrogen-bond donors (Lipinski definition) is 0. The van der Waals surface area contributed by atoms with E-state index in [1.54, 1.807) is 11.0 Å². The number of ether oxygens (including phenoxy) is 2. The summed E-state index contributed by atoms with van der Waals surface area (Å²) < 4.78 is 16.7. The number of methoxy groups -OCH3 is 1. The molecule has 2 aromatic rings. The molecule has 0 saturated carbocycles. The van der Waals surface area contributed by atoms with Crippen LogP contribution in [0.4, 0.5) is 0 Å². The Bertz CT molecular complexity index is 993. The first-order valence-electron chi connectivity index (χ1n) is 10.5. The molecule has 1 aliphatic rings. The fourth-order valence-corrected chi connectivity index (χ4v) is 4.09. The van der Waals surface area contributed by atoms with E-state index in [1.165, 1.54) is 7.11 Å². The van der Waals surface area contributed by atoms with Crippen molar-refractivity contribution in [1.82, 2.24) is 4.90 Å². The Balaban J connectivity index is 1.90. The maximum absolute atomic E-state index is 12.9. The van der Waals surface area contributed by atoms with Gasteiger partial charge >= 0.3 is 5.97 Å². The van der Waals surface area contributed by atoms with Gasteiger partial charge in [0.15, 0.2) is 0 Å². The average molecular weight is 414 g/mol. The van der Waals surface area contributed by atoms with Gasteiger partial charge in [-0.25, -0.2) is 0 Å². The Morgan fingerprint density at radius 1 is 1.20 bits per heavy atom. The van der Waals surface area contributed by atoms with Crippen LogP contribution in [0.5, 0.6) is 5.75 Å². The van der Waals surface area contributed by atoms with Crippen LogP contribution in [0.25, 0.3) is 16.5 Å². The molecule has 2 heterocycles. The Kier molecular flexibility index (Phi) is 6.54. The van der Waals surface area contributed by atoms with Crippen LogP contribution in [0.3, 0.4) is 0 Å². The molecule has 1 aromatic heterocycles. The number of carbonyl (C=O) groups is 2. The minimum absolute atomic E-state index is 0.0453. The Morgan fingerprint density at radius 3 is 2.47 bits per heavy atom. The SMILES string of the molecule is CCOc1c(/C(C)=C/C(=O)N2CCC(C(=O)OC)CC2)cc2c(C)c(C)oc2c1C. The number of furan rings is 1. The van der Waals surface area contributed by atoms with Crippen molar-refractivity contribution in [2.45, 2.75) is 47.5 Å². The molecule has 0 bridgehead atoms. The van der Waals surface area contributed by atoms with Crippen molar-refractivity contribution in [3.05, 3.63) is 34.6 Å². The van der Waals surface area contributed by atoms with E-state index in [2.05, 4.69) is 6.07 Å². The second-order valence-electron chi connectivity index (χ2n) is 7.92. The molecule has 6 nitrogen and oxygen atoms in total. The van der Waals surface area contributed by atoms with Crippen LogP contribution in [-0.2, 0) is 14.3 Å². The molecule has 0 radical (unpaired) electrons. The highest BCUT2D eigenvalue weighted by Crippen LogP contribution is 2.39. The molecule has 1 aromatic carbocycles. The van der Waals surface area contributed by atoms with Crippen LogP contribution in [0.1, 0.15) is 49.1 Å². The van der Waals surface area contributed by atoms with Gasteiger partial charge in [-0.05, 0) is 64.7 Å². The second-order valence-corrected chi connectivity index (χ2v) is 7.92. The number of rotatable bonds is 5. The van der Waals surface area contributed by atoms with E-state index >= 15 is 0 Å². The van der Waals surface area contributed by atoms with Crippen LogP contribution < -0.4 is 4.74 Å². The van der Waals surface area contributed by atoms with E-state index in [4.69, 9.17) is 13.9 Å². The van der Waals surface area contributed by atoms with Crippen molar-refractivity contribution in [2.75, 3.05) is 26.8 Å². The van der Waals surface area contributed by atoms with Gasteiger partial charge in [0.05, 0.1) is 19.6 Å². The van der Waals surface area contributed by atoms with Crippen LogP contribution in [0.2, 0.25) is 0 Å². The van der Waals surface area contributed by atoms with Gasteiger partial charge in [-0.3, -0.25) is 9.59 Å². The summed E-state index contributed by atoms with van der Waals surface area (Å²) in [5, 5.41) is 1.04. The van der Waals surface area contributed by atoms with Crippen LogP contribution in [0, 0.1) is 26.7 Å². The van der Waals surface area contributed by atoms with Gasteiger partial charge < -0.3 is 18.8 Å². The summed E-state index contributed by atoms with van der Waals surface area (Å²) in [5.74, 6) is 1.29. The zero-order chi connectivity index (χ0) is 22.0. The number of hydrogen-bond acceptors (Lipinski definition) is 5. The number of benzene rings is 1. The van der Waals surface area contributed by atoms with Crippen molar-refractivity contribution < 1.29 is 23.5 Å². The maximum atomic E-state index is 12.9. The smallest absolute Gasteiger partial charge is 0.308 e. The second kappa shape index (κ2) is 8.94. The van der Waals surface area contributed by atoms with E-state index in [1.807, 2.05) is 34.6 Å². The molecular formula is C24H31NO5. The predicted molar refractivity (Wildman–Crippen MR) is 117 cm³/mol. The third-order valence-corrected chi connectivity index (χ3v) is 6.04. The van der Waals surface area contributed by atoms with E-state index in [9.17, 15) is 9.59 Å². The highest BCUT2D eigenvalue weighted by atomic mass is 16.5. The van der Waals surface area contributed by atoms with Crippen molar-refractivity contribution in [3.8, 4) is 5.75 Å². The van der Waals surface area contributed by atoms with E-state index in [0.29, 0.717) is 32.5 Å². The lowest BCUT2D eigenvalue weighted by molar-refractivity contribution is -0.148. The number of nitrogens with zero attached hydrogens (tertiary/aromatic N) is 1. The monoisotopic (exact) mass is 413 g/mol. The molecule has 0 atom stereocenters. The Morgan fingerprint density at radius 2 is 1.87 bits per heavy atom. The number of fused-ring (bicyclic) bond motifs is 1. The quantitative estimate of drug-likeness (QED) is 0.530. The molecule has 30 heavy (non-hydrogen) atoms. The minimum Gasteiger partial charge on any atom is -0.493 e. The van der Waals surface area contributed by atoms with Gasteiger partial charge in [0.2, 0.25) is 5.91 Å². The molecule has 0 unspecified atom stereocenters. The molecule has 1 aliphatic heterocycles. The minimum atomic E-state index is -0.190. The van der Waals surface area contributed by atoms with Crippen molar-refractivity contribution in [3.63, 3.8) is 0 Å². The largest absolute Gasteiger partial charge is 0.493 e. The fraction of sp³-hybridized carbons (Fsp3) is 0.500. The van der Waals surface area contributed by atoms with Crippen molar-refractivity contribution in [2.24, 2.45) is 5.92 Å². The first-order valence-corrected chi connectivity index (χ1v) is 10.5. The summed E-state index contributed by atoms with van der Waals surface area (Å²) in [4.78, 5) is 26.4. The summed E-state index contributed by atoms with van der Waals surface area (Å²) in [6.45, 7) is 11.5. The summed E-state index contributed by atoms with van der Waals surface area (Å²) in [6.07, 6.45) is 2.94. The van der Waals surface area contributed by atoms with E-state index in [-0.39, 0.29) is 17.8 Å². The number of carbonyl (C=O) groups excluding carboxylic acids is 2. The third-order valence-electron chi connectivity index (χ3n) is 6.04. The van der Waals surface area contributed by atoms with Crippen molar-refractivity contribution >= 4 is 28.4 Å². The van der Waals surface area contributed by atoms with E-state index in [0.717, 1.165) is 44.7 Å². The molecule has 6 heteroatoms. The normalized spacial score (nSPS) is 15.5. The summed E-state index contributed by atoms with van der Waals surface area (Å²) in [5.41, 5.74) is 4.63. The molecule has 1 fully saturated rings. The van der Waals surface area contributed by atoms with Gasteiger partial charge in [0, 0.05) is 35.7 Å². The highest BCUT2D eigenvalue weighted by molar-refractivity contribution is 5.98. The van der Waals surface area contributed by atoms with Crippen LogP contribution >= 0.6 is 0 Å². The Labute approximate surface area is 177 Å². The molecule has 1 amide bonds. The summed E-state index contributed by atoms with van der Waals surface area (Å²) >= 11 is 0. The third kappa shape index (κ3) is 4.09.